The molecular formula is C59H96O6. The molecule has 0 aliphatic heterocycles. The van der Waals surface area contributed by atoms with Crippen molar-refractivity contribution in [3.05, 3.63) is 109 Å². The first-order chi connectivity index (χ1) is 32.0. The fraction of sp³-hybridized carbons (Fsp3) is 0.644. The van der Waals surface area contributed by atoms with Crippen LogP contribution in [-0.2, 0) is 28.6 Å². The lowest BCUT2D eigenvalue weighted by atomic mass is 10.1. The fourth-order valence-corrected chi connectivity index (χ4v) is 6.90. The zero-order chi connectivity index (χ0) is 47.2. The van der Waals surface area contributed by atoms with Crippen LogP contribution in [0.2, 0.25) is 0 Å². The maximum absolute atomic E-state index is 12.8. The molecule has 0 spiro atoms. The van der Waals surface area contributed by atoms with Crippen LogP contribution in [0.15, 0.2) is 109 Å². The van der Waals surface area contributed by atoms with Crippen molar-refractivity contribution in [1.82, 2.24) is 0 Å². The molecule has 0 aromatic heterocycles. The van der Waals surface area contributed by atoms with Crippen LogP contribution in [0.4, 0.5) is 0 Å². The fourth-order valence-electron chi connectivity index (χ4n) is 6.90. The number of carbonyl (C=O) groups is 3. The van der Waals surface area contributed by atoms with Gasteiger partial charge < -0.3 is 14.2 Å². The standard InChI is InChI=1S/C59H96O6/c1-4-7-10-13-16-19-22-25-28-29-30-31-32-35-37-40-43-46-49-52-58(61)64-55-56(65-59(62)53-50-47-44-41-38-34-27-24-21-18-15-12-9-6-3)54-63-57(60)51-48-45-42-39-36-33-26-23-20-17-14-11-8-5-2/h7-12,16-21,25,28,30-31,35,37,56H,4-6,13-15,22-24,26-27,29,32-34,36,38-55H2,1-3H3/b10-7-,11-8-,12-9-,19-16-,20-17-,21-18-,28-25-,31-30-,37-35-. The maximum Gasteiger partial charge on any atom is 0.306 e. The normalized spacial score (nSPS) is 13.0. The Morgan fingerprint density at radius 2 is 0.554 bits per heavy atom. The zero-order valence-electron chi connectivity index (χ0n) is 42.0. The number of hydrogen-bond acceptors (Lipinski definition) is 6. The van der Waals surface area contributed by atoms with Crippen molar-refractivity contribution in [2.24, 2.45) is 0 Å². The highest BCUT2D eigenvalue weighted by Gasteiger charge is 2.19. The van der Waals surface area contributed by atoms with E-state index in [1.807, 2.05) is 0 Å². The van der Waals surface area contributed by atoms with Crippen LogP contribution < -0.4 is 0 Å². The van der Waals surface area contributed by atoms with Gasteiger partial charge >= 0.3 is 17.9 Å². The van der Waals surface area contributed by atoms with Gasteiger partial charge in [0.2, 0.25) is 0 Å². The third-order valence-electron chi connectivity index (χ3n) is 10.8. The Balaban J connectivity index is 4.47. The highest BCUT2D eigenvalue weighted by molar-refractivity contribution is 5.71. The van der Waals surface area contributed by atoms with E-state index in [4.69, 9.17) is 14.2 Å². The molecule has 0 amide bonds. The number of unbranched alkanes of at least 4 members (excludes halogenated alkanes) is 17. The summed E-state index contributed by atoms with van der Waals surface area (Å²) in [4.78, 5) is 38.0. The van der Waals surface area contributed by atoms with Crippen LogP contribution in [0.3, 0.4) is 0 Å². The molecule has 0 bridgehead atoms. The molecule has 6 nitrogen and oxygen atoms in total. The van der Waals surface area contributed by atoms with E-state index >= 15 is 0 Å². The Morgan fingerprint density at radius 1 is 0.308 bits per heavy atom. The van der Waals surface area contributed by atoms with E-state index in [0.29, 0.717) is 19.3 Å². The van der Waals surface area contributed by atoms with Crippen LogP contribution in [0.1, 0.15) is 226 Å². The lowest BCUT2D eigenvalue weighted by Gasteiger charge is -2.18. The predicted molar refractivity (Wildman–Crippen MR) is 279 cm³/mol. The minimum Gasteiger partial charge on any atom is -0.462 e. The van der Waals surface area contributed by atoms with Gasteiger partial charge in [0, 0.05) is 19.3 Å². The molecule has 0 aliphatic carbocycles. The molecule has 1 atom stereocenters. The lowest BCUT2D eigenvalue weighted by molar-refractivity contribution is -0.167. The van der Waals surface area contributed by atoms with E-state index in [2.05, 4.69) is 130 Å². The summed E-state index contributed by atoms with van der Waals surface area (Å²) in [5.41, 5.74) is 0. The Hall–Kier alpha value is -3.93. The highest BCUT2D eigenvalue weighted by Crippen LogP contribution is 2.14. The summed E-state index contributed by atoms with van der Waals surface area (Å²) in [6, 6.07) is 0. The Labute approximate surface area is 400 Å². The number of ether oxygens (including phenoxy) is 3. The SMILES string of the molecule is CC/C=C\C/C=C\C/C=C\C/C=C\C/C=C\CCCCCC(=O)OCC(COC(=O)CCCCCCCCC/C=C\C/C=C\CC)OC(=O)CCCCCCCCC/C=C\C/C=C\CC. The average molecular weight is 901 g/mol. The molecule has 0 saturated heterocycles. The molecular weight excluding hydrogens is 805 g/mol. The monoisotopic (exact) mass is 901 g/mol. The van der Waals surface area contributed by atoms with E-state index in [1.165, 1.54) is 51.4 Å². The van der Waals surface area contributed by atoms with E-state index < -0.39 is 6.10 Å². The van der Waals surface area contributed by atoms with Crippen molar-refractivity contribution in [3.8, 4) is 0 Å². The van der Waals surface area contributed by atoms with Crippen molar-refractivity contribution >= 4 is 17.9 Å². The molecule has 0 aromatic carbocycles. The van der Waals surface area contributed by atoms with Gasteiger partial charge in [-0.2, -0.15) is 0 Å². The summed E-state index contributed by atoms with van der Waals surface area (Å²) in [5.74, 6) is -0.952. The molecule has 0 radical (unpaired) electrons. The summed E-state index contributed by atoms with van der Waals surface area (Å²) in [5, 5.41) is 0. The molecule has 0 fully saturated rings. The second-order valence-corrected chi connectivity index (χ2v) is 17.0. The van der Waals surface area contributed by atoms with Gasteiger partial charge in [-0.15, -0.1) is 0 Å². The molecule has 0 heterocycles. The molecule has 0 N–H and O–H groups in total. The van der Waals surface area contributed by atoms with E-state index in [-0.39, 0.29) is 31.1 Å². The zero-order valence-corrected chi connectivity index (χ0v) is 42.0. The Bertz CT molecular complexity index is 1360. The van der Waals surface area contributed by atoms with Crippen LogP contribution in [0.25, 0.3) is 0 Å². The summed E-state index contributed by atoms with van der Waals surface area (Å²) < 4.78 is 16.8. The first-order valence-corrected chi connectivity index (χ1v) is 26.4. The van der Waals surface area contributed by atoms with Gasteiger partial charge in [-0.25, -0.2) is 0 Å². The van der Waals surface area contributed by atoms with Crippen LogP contribution in [0, 0.1) is 0 Å². The van der Waals surface area contributed by atoms with Crippen molar-refractivity contribution < 1.29 is 28.6 Å². The predicted octanol–water partition coefficient (Wildman–Crippen LogP) is 17.5. The number of esters is 3. The number of carbonyl (C=O) groups excluding carboxylic acids is 3. The average Bonchev–Trinajstić information content (AvgIpc) is 3.30. The van der Waals surface area contributed by atoms with E-state index in [9.17, 15) is 14.4 Å². The molecule has 0 aromatic rings. The van der Waals surface area contributed by atoms with Crippen LogP contribution in [-0.4, -0.2) is 37.2 Å². The molecule has 0 saturated carbocycles. The Morgan fingerprint density at radius 3 is 0.877 bits per heavy atom. The van der Waals surface area contributed by atoms with Crippen molar-refractivity contribution in [2.45, 2.75) is 232 Å². The summed E-state index contributed by atoms with van der Waals surface area (Å²) in [6.45, 7) is 6.26. The molecule has 0 rings (SSSR count). The van der Waals surface area contributed by atoms with Gasteiger partial charge in [0.1, 0.15) is 13.2 Å². The largest absolute Gasteiger partial charge is 0.462 e. The third-order valence-corrected chi connectivity index (χ3v) is 10.8. The first-order valence-electron chi connectivity index (χ1n) is 26.4. The minimum atomic E-state index is -0.801. The maximum atomic E-state index is 12.8. The van der Waals surface area contributed by atoms with Crippen molar-refractivity contribution in [3.63, 3.8) is 0 Å². The van der Waals surface area contributed by atoms with Gasteiger partial charge in [-0.05, 0) is 116 Å². The molecule has 65 heavy (non-hydrogen) atoms. The molecule has 0 aliphatic rings. The number of rotatable bonds is 46. The third kappa shape index (κ3) is 50.9. The second-order valence-electron chi connectivity index (χ2n) is 17.0. The summed E-state index contributed by atoms with van der Waals surface area (Å²) in [7, 11) is 0. The van der Waals surface area contributed by atoms with Crippen molar-refractivity contribution in [1.29, 1.82) is 0 Å². The lowest BCUT2D eigenvalue weighted by Crippen LogP contribution is -2.30. The van der Waals surface area contributed by atoms with Gasteiger partial charge in [0.05, 0.1) is 0 Å². The Kier molecular flexibility index (Phi) is 49.5. The molecule has 6 heteroatoms. The van der Waals surface area contributed by atoms with Crippen LogP contribution in [0.5, 0.6) is 0 Å². The van der Waals surface area contributed by atoms with Crippen molar-refractivity contribution in [2.75, 3.05) is 13.2 Å². The number of allylic oxidation sites excluding steroid dienone is 18. The first kappa shape index (κ1) is 61.1. The van der Waals surface area contributed by atoms with Gasteiger partial charge in [0.25, 0.3) is 0 Å². The van der Waals surface area contributed by atoms with Gasteiger partial charge in [0.15, 0.2) is 6.10 Å². The van der Waals surface area contributed by atoms with E-state index in [1.54, 1.807) is 0 Å². The summed E-state index contributed by atoms with van der Waals surface area (Å²) >= 11 is 0. The van der Waals surface area contributed by atoms with Crippen LogP contribution >= 0.6 is 0 Å². The number of hydrogen-bond donors (Lipinski definition) is 0. The smallest absolute Gasteiger partial charge is 0.306 e. The molecule has 1 unspecified atom stereocenters. The summed E-state index contributed by atoms with van der Waals surface area (Å²) in [6.07, 6.45) is 70.7. The van der Waals surface area contributed by atoms with Gasteiger partial charge in [-0.3, -0.25) is 14.4 Å². The molecule has 368 valence electrons. The highest BCUT2D eigenvalue weighted by atomic mass is 16.6. The topological polar surface area (TPSA) is 78.9 Å². The van der Waals surface area contributed by atoms with E-state index in [0.717, 1.165) is 135 Å². The van der Waals surface area contributed by atoms with Gasteiger partial charge in [-0.1, -0.05) is 201 Å². The quantitative estimate of drug-likeness (QED) is 0.0262. The minimum absolute atomic E-state index is 0.0981. The second kappa shape index (κ2) is 52.7.